The Morgan fingerprint density at radius 1 is 1.08 bits per heavy atom. The fourth-order valence-electron chi connectivity index (χ4n) is 8.47. The lowest BCUT2D eigenvalue weighted by Crippen LogP contribution is -2.69. The molecule has 0 bridgehead atoms. The largest absolute Gasteiger partial charge is 0.456 e. The predicted octanol–water partition coefficient (Wildman–Crippen LogP) is 1.90. The molecule has 5 rings (SSSR count). The fraction of sp³-hybridized carbons (Fsp3) is 0.576. The summed E-state index contributed by atoms with van der Waals surface area (Å²) in [4.78, 5) is 54.6. The van der Waals surface area contributed by atoms with E-state index in [-0.39, 0.29) is 42.8 Å². The first kappa shape index (κ1) is 35.7. The maximum Gasteiger partial charge on any atom is 0.413 e. The number of fused-ring (bicyclic) bond motifs is 5. The minimum Gasteiger partial charge on any atom is -0.456 e. The zero-order valence-corrected chi connectivity index (χ0v) is 26.6. The molecule has 0 aromatic heterocycles. The molecule has 0 aliphatic heterocycles. The second kappa shape index (κ2) is 13.4. The van der Waals surface area contributed by atoms with Gasteiger partial charge in [0.25, 0.3) is 0 Å². The van der Waals surface area contributed by atoms with Crippen LogP contribution in [0.25, 0.3) is 0 Å². The van der Waals surface area contributed by atoms with Gasteiger partial charge in [-0.05, 0) is 81.2 Å². The number of nitrogens with zero attached hydrogens (tertiary/aromatic N) is 1. The highest BCUT2D eigenvalue weighted by molar-refractivity contribution is 6.01. The average molecular weight is 677 g/mol. The Morgan fingerprint density at radius 3 is 2.48 bits per heavy atom. The van der Waals surface area contributed by atoms with Crippen molar-refractivity contribution in [2.45, 2.75) is 75.9 Å². The van der Waals surface area contributed by atoms with Crippen LogP contribution in [0.5, 0.6) is 5.75 Å². The van der Waals surface area contributed by atoms with Crippen LogP contribution in [-0.2, 0) is 30.4 Å². The van der Waals surface area contributed by atoms with Crippen molar-refractivity contribution in [2.75, 3.05) is 19.8 Å². The van der Waals surface area contributed by atoms with Crippen molar-refractivity contribution in [3.05, 3.63) is 53.6 Å². The molecule has 1 amide bonds. The molecule has 262 valence electrons. The van der Waals surface area contributed by atoms with E-state index in [1.165, 1.54) is 37.3 Å². The number of alkyl halides is 1. The summed E-state index contributed by atoms with van der Waals surface area (Å²) in [5.41, 5.74) is -5.99. The molecule has 8 atom stereocenters. The number of nitrogens with one attached hydrogen (secondary N) is 1. The topological polar surface area (TPSA) is 212 Å². The molecule has 4 aliphatic rings. The molecule has 3 saturated carbocycles. The van der Waals surface area contributed by atoms with E-state index in [0.717, 1.165) is 5.56 Å². The second-order valence-electron chi connectivity index (χ2n) is 13.4. The molecular formula is C33H41FN2O12. The monoisotopic (exact) mass is 676 g/mol. The van der Waals surface area contributed by atoms with Gasteiger partial charge in [-0.25, -0.2) is 9.18 Å². The number of ether oxygens (including phenoxy) is 2. The van der Waals surface area contributed by atoms with Crippen molar-refractivity contribution >= 4 is 23.6 Å². The lowest BCUT2D eigenvalue weighted by Gasteiger charge is -2.62. The van der Waals surface area contributed by atoms with E-state index in [2.05, 4.69) is 10.2 Å². The first-order valence-corrected chi connectivity index (χ1v) is 15.8. The minimum atomic E-state index is -2.46. The van der Waals surface area contributed by atoms with Gasteiger partial charge in [0, 0.05) is 16.7 Å². The maximum absolute atomic E-state index is 17.3. The average Bonchev–Trinajstić information content (AvgIpc) is 3.24. The number of aryl methyl sites for hydroxylation is 1. The molecule has 48 heavy (non-hydrogen) atoms. The number of rotatable bonds is 11. The van der Waals surface area contributed by atoms with Crippen LogP contribution < -0.4 is 10.1 Å². The Morgan fingerprint density at radius 2 is 1.79 bits per heavy atom. The van der Waals surface area contributed by atoms with Crippen LogP contribution in [0.15, 0.2) is 48.1 Å². The summed E-state index contributed by atoms with van der Waals surface area (Å²) in [6.07, 6.45) is 1.07. The summed E-state index contributed by atoms with van der Waals surface area (Å²) in [6.45, 7) is 1.62. The highest BCUT2D eigenvalue weighted by atomic mass is 19.1. The molecule has 4 aliphatic carbocycles. The van der Waals surface area contributed by atoms with Gasteiger partial charge in [0.2, 0.25) is 5.78 Å². The second-order valence-corrected chi connectivity index (χ2v) is 13.4. The molecule has 0 spiro atoms. The number of aliphatic hydroxyl groups excluding tert-OH is 2. The van der Waals surface area contributed by atoms with Gasteiger partial charge < -0.3 is 30.1 Å². The third kappa shape index (κ3) is 6.08. The first-order chi connectivity index (χ1) is 22.6. The van der Waals surface area contributed by atoms with Gasteiger partial charge in [-0.3, -0.25) is 29.6 Å². The van der Waals surface area contributed by atoms with Crippen LogP contribution in [0.1, 0.15) is 51.5 Å². The van der Waals surface area contributed by atoms with Gasteiger partial charge >= 0.3 is 12.1 Å². The smallest absolute Gasteiger partial charge is 0.413 e. The Kier molecular flexibility index (Phi) is 9.96. The van der Waals surface area contributed by atoms with Crippen LogP contribution in [0.2, 0.25) is 0 Å². The number of benzene rings is 1. The molecule has 1 aromatic rings. The summed E-state index contributed by atoms with van der Waals surface area (Å²) >= 11 is 0. The van der Waals surface area contributed by atoms with Crippen LogP contribution in [0, 0.1) is 22.7 Å². The summed E-state index contributed by atoms with van der Waals surface area (Å²) < 4.78 is 27.4. The maximum atomic E-state index is 17.3. The molecule has 0 unspecified atom stereocenters. The summed E-state index contributed by atoms with van der Waals surface area (Å²) in [5, 5.41) is 53.1. The Hall–Kier alpha value is -3.57. The number of esters is 1. The quantitative estimate of drug-likeness (QED) is 0.112. The van der Waals surface area contributed by atoms with E-state index in [9.17, 15) is 34.5 Å². The molecule has 3 fully saturated rings. The van der Waals surface area contributed by atoms with Gasteiger partial charge in [-0.2, -0.15) is 0 Å². The number of Topliss-reactive ketones (excluding diaryl/α,β-unsaturated/α-hetero) is 1. The molecule has 0 saturated heterocycles. The number of ketones is 2. The summed E-state index contributed by atoms with van der Waals surface area (Å²) in [7, 11) is 0. The van der Waals surface area contributed by atoms with Crippen molar-refractivity contribution in [1.29, 1.82) is 0 Å². The van der Waals surface area contributed by atoms with Crippen molar-refractivity contribution in [3.8, 4) is 5.75 Å². The van der Waals surface area contributed by atoms with Crippen LogP contribution in [0.3, 0.4) is 0 Å². The SMILES string of the molecule is C[C@]12C=CC(=O)C=C1CC[C@H]1[C@@H]3C[C@@H](O)[C@](O)(C(=O)COC(=O)CNC(=O)Oc4ccc(CCCON(O)O)cc4)[C@@]3(C)C[C@H](O)[C@@]12F. The Labute approximate surface area is 275 Å². The number of carbonyl (C=O) groups excluding carboxylic acids is 4. The number of allylic oxidation sites excluding steroid dienone is 4. The molecule has 0 radical (unpaired) electrons. The normalized spacial score (nSPS) is 35.3. The van der Waals surface area contributed by atoms with Crippen molar-refractivity contribution in [2.24, 2.45) is 22.7 Å². The Bertz CT molecular complexity index is 1500. The van der Waals surface area contributed by atoms with Crippen molar-refractivity contribution < 1.29 is 63.6 Å². The van der Waals surface area contributed by atoms with E-state index >= 15 is 4.39 Å². The molecule has 1 aromatic carbocycles. The van der Waals surface area contributed by atoms with Crippen LogP contribution >= 0.6 is 0 Å². The first-order valence-electron chi connectivity index (χ1n) is 15.8. The van der Waals surface area contributed by atoms with Gasteiger partial charge in [0.15, 0.2) is 23.7 Å². The number of hydrogen-bond acceptors (Lipinski definition) is 13. The number of hydrogen-bond donors (Lipinski definition) is 6. The zero-order chi connectivity index (χ0) is 35.1. The summed E-state index contributed by atoms with van der Waals surface area (Å²) in [5.74, 6) is -3.69. The van der Waals surface area contributed by atoms with E-state index in [1.54, 1.807) is 19.1 Å². The molecule has 0 heterocycles. The molecular weight excluding hydrogens is 635 g/mol. The van der Waals surface area contributed by atoms with Crippen molar-refractivity contribution in [3.63, 3.8) is 0 Å². The highest BCUT2D eigenvalue weighted by Gasteiger charge is 2.76. The Balaban J connectivity index is 1.15. The third-order valence-corrected chi connectivity index (χ3v) is 11.0. The van der Waals surface area contributed by atoms with Crippen LogP contribution in [0.4, 0.5) is 9.18 Å². The van der Waals surface area contributed by atoms with Gasteiger partial charge in [0.05, 0.1) is 24.2 Å². The van der Waals surface area contributed by atoms with Gasteiger partial charge in [-0.1, -0.05) is 30.7 Å². The van der Waals surface area contributed by atoms with E-state index in [0.29, 0.717) is 24.8 Å². The highest BCUT2D eigenvalue weighted by Crippen LogP contribution is 2.69. The van der Waals surface area contributed by atoms with E-state index < -0.39 is 77.1 Å². The molecule has 15 heteroatoms. The van der Waals surface area contributed by atoms with E-state index in [4.69, 9.17) is 19.9 Å². The van der Waals surface area contributed by atoms with Gasteiger partial charge in [-0.15, -0.1) is 0 Å². The predicted molar refractivity (Wildman–Crippen MR) is 161 cm³/mol. The fourth-order valence-corrected chi connectivity index (χ4v) is 8.47. The van der Waals surface area contributed by atoms with E-state index in [1.807, 2.05) is 0 Å². The number of halogens is 1. The summed E-state index contributed by atoms with van der Waals surface area (Å²) in [6, 6.07) is 6.40. The number of amides is 1. The number of carbonyl (C=O) groups is 4. The molecule has 14 nitrogen and oxygen atoms in total. The lowest BCUT2D eigenvalue weighted by molar-refractivity contribution is -0.492. The number of aliphatic hydroxyl groups is 3. The van der Waals surface area contributed by atoms with Crippen LogP contribution in [-0.4, -0.2) is 98.0 Å². The van der Waals surface area contributed by atoms with Crippen molar-refractivity contribution in [1.82, 2.24) is 10.7 Å². The standard InChI is InChI=1S/C33H41FN2O12/c1-30-12-11-21(37)14-20(30)7-10-23-24-15-25(38)33(43,31(24,2)16-26(39)32(23,30)34)27(40)18-46-28(41)17-35-29(42)48-22-8-5-19(6-9-22)4-3-13-47-36(44)45/h5-6,8-9,11-12,14,23-26,38-39,43-45H,3-4,7,10,13,15-18H2,1-2H3,(H,35,42)/t23-,24-,25+,26-,30-,31-,32-,33-/m0/s1. The molecule has 6 N–H and O–H groups in total. The zero-order valence-electron chi connectivity index (χ0n) is 26.6. The van der Waals surface area contributed by atoms with Gasteiger partial charge in [0.1, 0.15) is 12.3 Å². The lowest BCUT2D eigenvalue weighted by atomic mass is 9.44. The third-order valence-electron chi connectivity index (χ3n) is 11.0. The minimum absolute atomic E-state index is 0.0689.